The first-order valence-corrected chi connectivity index (χ1v) is 11.5. The molecule has 3 aromatic rings. The Kier molecular flexibility index (Phi) is 7.74. The highest BCUT2D eigenvalue weighted by molar-refractivity contribution is 7.92. The van der Waals surface area contributed by atoms with Crippen LogP contribution in [0.2, 0.25) is 10.0 Å². The van der Waals surface area contributed by atoms with Gasteiger partial charge in [0.15, 0.2) is 0 Å². The molecule has 0 unspecified atom stereocenters. The van der Waals surface area contributed by atoms with Crippen molar-refractivity contribution in [3.63, 3.8) is 0 Å². The topological polar surface area (TPSA) is 88.1 Å². The van der Waals surface area contributed by atoms with Crippen molar-refractivity contribution in [3.05, 3.63) is 88.4 Å². The van der Waals surface area contributed by atoms with Gasteiger partial charge in [-0.05, 0) is 48.0 Å². The number of rotatable bonds is 8. The van der Waals surface area contributed by atoms with E-state index in [1.165, 1.54) is 37.6 Å². The van der Waals surface area contributed by atoms with E-state index in [0.717, 1.165) is 4.31 Å². The van der Waals surface area contributed by atoms with Gasteiger partial charge in [-0.1, -0.05) is 53.5 Å². The van der Waals surface area contributed by atoms with E-state index in [0.29, 0.717) is 10.6 Å². The Balaban J connectivity index is 1.91. The Labute approximate surface area is 196 Å². The van der Waals surface area contributed by atoms with Crippen molar-refractivity contribution in [2.24, 2.45) is 5.10 Å². The number of nitrogens with one attached hydrogen (secondary N) is 1. The summed E-state index contributed by atoms with van der Waals surface area (Å²) in [5.41, 5.74) is 3.13. The molecule has 0 saturated heterocycles. The second kappa shape index (κ2) is 10.5. The number of nitrogens with zero attached hydrogens (tertiary/aromatic N) is 2. The van der Waals surface area contributed by atoms with Crippen molar-refractivity contribution in [3.8, 4) is 5.75 Å². The molecule has 0 heterocycles. The Morgan fingerprint density at radius 2 is 1.75 bits per heavy atom. The lowest BCUT2D eigenvalue weighted by Gasteiger charge is -2.25. The minimum Gasteiger partial charge on any atom is -0.495 e. The van der Waals surface area contributed by atoms with E-state index in [9.17, 15) is 13.2 Å². The van der Waals surface area contributed by atoms with Gasteiger partial charge in [-0.3, -0.25) is 9.10 Å². The molecular weight excluding hydrogens is 473 g/mol. The number of hydrogen-bond acceptors (Lipinski definition) is 5. The lowest BCUT2D eigenvalue weighted by Crippen LogP contribution is -2.39. The van der Waals surface area contributed by atoms with Crippen LogP contribution >= 0.6 is 23.2 Å². The summed E-state index contributed by atoms with van der Waals surface area (Å²) in [6, 6.07) is 19.1. The third-order valence-electron chi connectivity index (χ3n) is 4.28. The second-order valence-corrected chi connectivity index (χ2v) is 9.22. The number of sulfonamides is 1. The third-order valence-corrected chi connectivity index (χ3v) is 6.52. The molecule has 0 saturated carbocycles. The molecule has 0 aliphatic heterocycles. The number of hydrogen-bond donors (Lipinski definition) is 1. The van der Waals surface area contributed by atoms with Gasteiger partial charge < -0.3 is 4.74 Å². The van der Waals surface area contributed by atoms with E-state index < -0.39 is 22.5 Å². The van der Waals surface area contributed by atoms with Crippen molar-refractivity contribution >= 4 is 51.0 Å². The standard InChI is InChI=1S/C22H19Cl2N3O4S/c1-31-21-11-10-18(24)13-20(21)27(32(29,30)19-8-3-2-4-9-19)15-22(28)26-25-14-16-6-5-7-17(23)12-16/h2-14H,15H2,1H3,(H,26,28)/b25-14-. The minimum atomic E-state index is -4.12. The van der Waals surface area contributed by atoms with Gasteiger partial charge in [-0.25, -0.2) is 13.8 Å². The zero-order chi connectivity index (χ0) is 23.1. The molecule has 0 aromatic heterocycles. The maximum Gasteiger partial charge on any atom is 0.264 e. The molecule has 0 radical (unpaired) electrons. The van der Waals surface area contributed by atoms with Gasteiger partial charge in [0.25, 0.3) is 15.9 Å². The first-order valence-electron chi connectivity index (χ1n) is 9.30. The summed E-state index contributed by atoms with van der Waals surface area (Å²) in [6.07, 6.45) is 1.40. The Bertz CT molecular complexity index is 1230. The first kappa shape index (κ1) is 23.6. The maximum absolute atomic E-state index is 13.4. The SMILES string of the molecule is COc1ccc(Cl)cc1N(CC(=O)N/N=C\c1cccc(Cl)c1)S(=O)(=O)c1ccccc1. The molecule has 7 nitrogen and oxygen atoms in total. The smallest absolute Gasteiger partial charge is 0.264 e. The number of benzene rings is 3. The van der Waals surface area contributed by atoms with E-state index in [4.69, 9.17) is 27.9 Å². The quantitative estimate of drug-likeness (QED) is 0.374. The average Bonchev–Trinajstić information content (AvgIpc) is 2.78. The summed E-state index contributed by atoms with van der Waals surface area (Å²) in [6.45, 7) is -0.555. The van der Waals surface area contributed by atoms with Crippen LogP contribution in [0.15, 0.2) is 82.8 Å². The fourth-order valence-electron chi connectivity index (χ4n) is 2.81. The van der Waals surface area contributed by atoms with Crippen LogP contribution in [0.4, 0.5) is 5.69 Å². The zero-order valence-electron chi connectivity index (χ0n) is 16.9. The highest BCUT2D eigenvalue weighted by atomic mass is 35.5. The molecule has 10 heteroatoms. The molecule has 1 N–H and O–H groups in total. The van der Waals surface area contributed by atoms with Crippen LogP contribution in [0.1, 0.15) is 5.56 Å². The summed E-state index contributed by atoms with van der Waals surface area (Å²) in [4.78, 5) is 12.6. The lowest BCUT2D eigenvalue weighted by atomic mass is 10.2. The predicted octanol–water partition coefficient (Wildman–Crippen LogP) is 4.35. The number of anilines is 1. The van der Waals surface area contributed by atoms with Crippen LogP contribution in [0.25, 0.3) is 0 Å². The van der Waals surface area contributed by atoms with Crippen molar-refractivity contribution in [2.45, 2.75) is 4.90 Å². The molecule has 1 amide bonds. The number of carbonyl (C=O) groups is 1. The van der Waals surface area contributed by atoms with Crippen LogP contribution in [-0.4, -0.2) is 34.2 Å². The molecule has 3 aromatic carbocycles. The fraction of sp³-hybridized carbons (Fsp3) is 0.0909. The molecule has 0 spiro atoms. The number of amides is 1. The van der Waals surface area contributed by atoms with Crippen LogP contribution in [-0.2, 0) is 14.8 Å². The van der Waals surface area contributed by atoms with Gasteiger partial charge >= 0.3 is 0 Å². The van der Waals surface area contributed by atoms with E-state index in [1.807, 2.05) is 0 Å². The summed E-state index contributed by atoms with van der Waals surface area (Å²) >= 11 is 12.0. The molecule has 166 valence electrons. The largest absolute Gasteiger partial charge is 0.495 e. The van der Waals surface area contributed by atoms with Crippen LogP contribution < -0.4 is 14.5 Å². The van der Waals surface area contributed by atoms with E-state index in [2.05, 4.69) is 10.5 Å². The highest BCUT2D eigenvalue weighted by Gasteiger charge is 2.29. The fourth-order valence-corrected chi connectivity index (χ4v) is 4.62. The molecule has 0 fully saturated rings. The van der Waals surface area contributed by atoms with Crippen molar-refractivity contribution in [1.82, 2.24) is 5.43 Å². The Morgan fingerprint density at radius 1 is 1.03 bits per heavy atom. The Morgan fingerprint density at radius 3 is 2.44 bits per heavy atom. The minimum absolute atomic E-state index is 0.0113. The predicted molar refractivity (Wildman–Crippen MR) is 126 cm³/mol. The van der Waals surface area contributed by atoms with Crippen LogP contribution in [0.3, 0.4) is 0 Å². The van der Waals surface area contributed by atoms with Crippen molar-refractivity contribution in [2.75, 3.05) is 18.0 Å². The summed E-state index contributed by atoms with van der Waals surface area (Å²) in [5.74, 6) is -0.422. The zero-order valence-corrected chi connectivity index (χ0v) is 19.2. The van der Waals surface area contributed by atoms with Crippen LogP contribution in [0, 0.1) is 0 Å². The maximum atomic E-state index is 13.4. The van der Waals surface area contributed by atoms with E-state index in [-0.39, 0.29) is 21.4 Å². The second-order valence-electron chi connectivity index (χ2n) is 6.49. The molecule has 32 heavy (non-hydrogen) atoms. The highest BCUT2D eigenvalue weighted by Crippen LogP contribution is 2.34. The average molecular weight is 492 g/mol. The lowest BCUT2D eigenvalue weighted by molar-refractivity contribution is -0.119. The van der Waals surface area contributed by atoms with Gasteiger partial charge in [-0.2, -0.15) is 5.10 Å². The van der Waals surface area contributed by atoms with E-state index >= 15 is 0 Å². The number of methoxy groups -OCH3 is 1. The van der Waals surface area contributed by atoms with Gasteiger partial charge in [-0.15, -0.1) is 0 Å². The van der Waals surface area contributed by atoms with Crippen LogP contribution in [0.5, 0.6) is 5.75 Å². The molecule has 0 aliphatic carbocycles. The van der Waals surface area contributed by atoms with E-state index in [1.54, 1.807) is 48.5 Å². The first-order chi connectivity index (χ1) is 15.3. The summed E-state index contributed by atoms with van der Waals surface area (Å²) < 4.78 is 33.0. The van der Waals surface area contributed by atoms with Gasteiger partial charge in [0.2, 0.25) is 0 Å². The molecule has 0 aliphatic rings. The summed E-state index contributed by atoms with van der Waals surface area (Å²) in [5, 5.41) is 4.69. The van der Waals surface area contributed by atoms with Crippen molar-refractivity contribution in [1.29, 1.82) is 0 Å². The number of carbonyl (C=O) groups excluding carboxylic acids is 1. The monoisotopic (exact) mass is 491 g/mol. The Hall–Kier alpha value is -3.07. The third kappa shape index (κ3) is 5.79. The molecular formula is C22H19Cl2N3O4S. The van der Waals surface area contributed by atoms with Gasteiger partial charge in [0.1, 0.15) is 12.3 Å². The normalized spacial score (nSPS) is 11.3. The molecule has 3 rings (SSSR count). The van der Waals surface area contributed by atoms with Gasteiger partial charge in [0.05, 0.1) is 23.9 Å². The summed E-state index contributed by atoms with van der Waals surface area (Å²) in [7, 11) is -2.72. The number of halogens is 2. The van der Waals surface area contributed by atoms with Crippen molar-refractivity contribution < 1.29 is 17.9 Å². The molecule has 0 bridgehead atoms. The number of hydrazone groups is 1. The van der Waals surface area contributed by atoms with Gasteiger partial charge in [0, 0.05) is 10.0 Å². The molecule has 0 atom stereocenters. The number of ether oxygens (including phenoxy) is 1.